The number of esters is 1. The number of benzene rings is 2. The summed E-state index contributed by atoms with van der Waals surface area (Å²) < 4.78 is 44.8. The highest BCUT2D eigenvalue weighted by atomic mass is 19.4. The Balaban J connectivity index is 1.84. The van der Waals surface area contributed by atoms with Gasteiger partial charge in [-0.2, -0.15) is 13.2 Å². The molecule has 3 rings (SSSR count). The van der Waals surface area contributed by atoms with Gasteiger partial charge in [0.1, 0.15) is 0 Å². The molecule has 1 heterocycles. The Hall–Kier alpha value is -3.42. The third-order valence-electron chi connectivity index (χ3n) is 4.20. The summed E-state index contributed by atoms with van der Waals surface area (Å²) >= 11 is 0. The average Bonchev–Trinajstić information content (AvgIpc) is 2.72. The number of anilines is 2. The molecule has 0 bridgehead atoms. The lowest BCUT2D eigenvalue weighted by Crippen LogP contribution is -2.14. The second-order valence-electron chi connectivity index (χ2n) is 6.23. The van der Waals surface area contributed by atoms with Gasteiger partial charge in [-0.1, -0.05) is 30.3 Å². The van der Waals surface area contributed by atoms with Crippen molar-refractivity contribution in [2.24, 2.45) is 0 Å². The molecule has 1 aromatic heterocycles. The van der Waals surface area contributed by atoms with Gasteiger partial charge in [0.2, 0.25) is 5.95 Å². The van der Waals surface area contributed by atoms with E-state index < -0.39 is 17.7 Å². The molecule has 0 fully saturated rings. The van der Waals surface area contributed by atoms with Crippen molar-refractivity contribution in [3.05, 3.63) is 83.2 Å². The van der Waals surface area contributed by atoms with E-state index in [1.165, 1.54) is 7.11 Å². The van der Waals surface area contributed by atoms with E-state index in [4.69, 9.17) is 0 Å². The van der Waals surface area contributed by atoms with Crippen LogP contribution < -0.4 is 5.32 Å². The number of rotatable bonds is 6. The molecule has 0 aliphatic rings. The molecule has 0 aliphatic carbocycles. The first-order valence-corrected chi connectivity index (χ1v) is 8.79. The van der Waals surface area contributed by atoms with E-state index in [1.54, 1.807) is 48.5 Å². The zero-order valence-electron chi connectivity index (χ0n) is 15.5. The van der Waals surface area contributed by atoms with Crippen LogP contribution in [0.5, 0.6) is 0 Å². The fourth-order valence-electron chi connectivity index (χ4n) is 2.79. The highest BCUT2D eigenvalue weighted by molar-refractivity contribution is 5.89. The number of aryl methyl sites for hydroxylation is 2. The number of para-hydroxylation sites is 1. The van der Waals surface area contributed by atoms with Gasteiger partial charge in [-0.05, 0) is 42.7 Å². The molecular weight excluding hydrogens is 383 g/mol. The molecule has 0 aliphatic heterocycles. The van der Waals surface area contributed by atoms with E-state index in [-0.39, 0.29) is 24.5 Å². The van der Waals surface area contributed by atoms with Crippen molar-refractivity contribution >= 4 is 17.6 Å². The number of alkyl halides is 3. The second kappa shape index (κ2) is 8.72. The lowest BCUT2D eigenvalue weighted by Gasteiger charge is -2.14. The van der Waals surface area contributed by atoms with Gasteiger partial charge in [0.15, 0.2) is 0 Å². The SMILES string of the molecule is COC(=O)c1cccc(CCc2nc(Nc3ccccc3)ncc2C(F)(F)F)c1. The van der Waals surface area contributed by atoms with Gasteiger partial charge in [0, 0.05) is 11.9 Å². The molecule has 29 heavy (non-hydrogen) atoms. The van der Waals surface area contributed by atoms with Gasteiger partial charge < -0.3 is 10.1 Å². The Labute approximate surface area is 165 Å². The van der Waals surface area contributed by atoms with Crippen LogP contribution in [0, 0.1) is 0 Å². The summed E-state index contributed by atoms with van der Waals surface area (Å²) in [5.74, 6) is -0.415. The highest BCUT2D eigenvalue weighted by Gasteiger charge is 2.34. The van der Waals surface area contributed by atoms with Crippen LogP contribution in [-0.2, 0) is 23.8 Å². The topological polar surface area (TPSA) is 64.1 Å². The van der Waals surface area contributed by atoms with Gasteiger partial charge in [0.05, 0.1) is 23.9 Å². The van der Waals surface area contributed by atoms with Crippen LogP contribution in [0.3, 0.4) is 0 Å². The molecule has 0 radical (unpaired) electrons. The van der Waals surface area contributed by atoms with Crippen LogP contribution in [0.4, 0.5) is 24.8 Å². The van der Waals surface area contributed by atoms with Gasteiger partial charge in [-0.25, -0.2) is 14.8 Å². The molecule has 0 amide bonds. The minimum absolute atomic E-state index is 0.0332. The van der Waals surface area contributed by atoms with E-state index in [2.05, 4.69) is 20.0 Å². The average molecular weight is 401 g/mol. The van der Waals surface area contributed by atoms with Crippen molar-refractivity contribution in [1.82, 2.24) is 9.97 Å². The van der Waals surface area contributed by atoms with Gasteiger partial charge in [-0.15, -0.1) is 0 Å². The van der Waals surface area contributed by atoms with Crippen LogP contribution in [0.2, 0.25) is 0 Å². The van der Waals surface area contributed by atoms with E-state index in [0.29, 0.717) is 16.8 Å². The number of hydrogen-bond donors (Lipinski definition) is 1. The molecular formula is C21H18F3N3O2. The maximum atomic E-state index is 13.4. The molecule has 5 nitrogen and oxygen atoms in total. The molecule has 150 valence electrons. The number of halogens is 3. The molecule has 0 saturated heterocycles. The zero-order chi connectivity index (χ0) is 20.9. The first-order chi connectivity index (χ1) is 13.9. The third kappa shape index (κ3) is 5.31. The van der Waals surface area contributed by atoms with Gasteiger partial charge in [-0.3, -0.25) is 0 Å². The Morgan fingerprint density at radius 1 is 1.07 bits per heavy atom. The van der Waals surface area contributed by atoms with Crippen LogP contribution >= 0.6 is 0 Å². The smallest absolute Gasteiger partial charge is 0.419 e. The Bertz CT molecular complexity index is 992. The number of methoxy groups -OCH3 is 1. The highest BCUT2D eigenvalue weighted by Crippen LogP contribution is 2.32. The van der Waals surface area contributed by atoms with E-state index in [1.807, 2.05) is 6.07 Å². The summed E-state index contributed by atoms with van der Waals surface area (Å²) in [5, 5.41) is 2.90. The fourth-order valence-corrected chi connectivity index (χ4v) is 2.79. The predicted molar refractivity (Wildman–Crippen MR) is 102 cm³/mol. The number of aromatic nitrogens is 2. The summed E-state index contributed by atoms with van der Waals surface area (Å²) in [6.45, 7) is 0. The fraction of sp³-hybridized carbons (Fsp3) is 0.190. The third-order valence-corrected chi connectivity index (χ3v) is 4.20. The first kappa shape index (κ1) is 20.3. The van der Waals surface area contributed by atoms with Gasteiger partial charge >= 0.3 is 12.1 Å². The summed E-state index contributed by atoms with van der Waals surface area (Å²) in [6.07, 6.45) is -3.46. The number of ether oxygens (including phenoxy) is 1. The predicted octanol–water partition coefficient (Wildman–Crippen LogP) is 4.81. The maximum absolute atomic E-state index is 13.4. The van der Waals surface area contributed by atoms with Crippen LogP contribution in [0.25, 0.3) is 0 Å². The van der Waals surface area contributed by atoms with Crippen molar-refractivity contribution in [2.75, 3.05) is 12.4 Å². The number of carbonyl (C=O) groups is 1. The van der Waals surface area contributed by atoms with Crippen molar-refractivity contribution in [1.29, 1.82) is 0 Å². The molecule has 0 spiro atoms. The molecule has 0 atom stereocenters. The standard InChI is InChI=1S/C21H18F3N3O2/c1-29-19(28)15-7-5-6-14(12-15)10-11-18-17(21(22,23)24)13-25-20(27-18)26-16-8-3-2-4-9-16/h2-9,12-13H,10-11H2,1H3,(H,25,26,27). The molecule has 3 aromatic rings. The van der Waals surface area contributed by atoms with Crippen molar-refractivity contribution in [3.63, 3.8) is 0 Å². The van der Waals surface area contributed by atoms with Crippen LogP contribution in [0.15, 0.2) is 60.8 Å². The Morgan fingerprint density at radius 3 is 2.52 bits per heavy atom. The number of hydrogen-bond acceptors (Lipinski definition) is 5. The van der Waals surface area contributed by atoms with Gasteiger partial charge in [0.25, 0.3) is 0 Å². The van der Waals surface area contributed by atoms with Crippen LogP contribution in [-0.4, -0.2) is 23.0 Å². The minimum Gasteiger partial charge on any atom is -0.465 e. The normalized spacial score (nSPS) is 11.2. The molecule has 8 heteroatoms. The zero-order valence-corrected chi connectivity index (χ0v) is 15.5. The Morgan fingerprint density at radius 2 is 1.83 bits per heavy atom. The van der Waals surface area contributed by atoms with Crippen molar-refractivity contribution in [3.8, 4) is 0 Å². The van der Waals surface area contributed by atoms with Crippen molar-refractivity contribution in [2.45, 2.75) is 19.0 Å². The second-order valence-corrected chi connectivity index (χ2v) is 6.23. The molecule has 2 aromatic carbocycles. The lowest BCUT2D eigenvalue weighted by atomic mass is 10.0. The maximum Gasteiger partial charge on any atom is 0.419 e. The van der Waals surface area contributed by atoms with E-state index >= 15 is 0 Å². The van der Waals surface area contributed by atoms with E-state index in [9.17, 15) is 18.0 Å². The number of nitrogens with zero attached hydrogens (tertiary/aromatic N) is 2. The quantitative estimate of drug-likeness (QED) is 0.601. The van der Waals surface area contributed by atoms with Crippen LogP contribution in [0.1, 0.15) is 27.2 Å². The first-order valence-electron chi connectivity index (χ1n) is 8.79. The van der Waals surface area contributed by atoms with Crippen molar-refractivity contribution < 1.29 is 22.7 Å². The molecule has 0 saturated carbocycles. The number of carbonyl (C=O) groups excluding carboxylic acids is 1. The summed E-state index contributed by atoms with van der Waals surface area (Å²) in [7, 11) is 1.27. The monoisotopic (exact) mass is 401 g/mol. The van der Waals surface area contributed by atoms with E-state index in [0.717, 1.165) is 6.20 Å². The Kier molecular flexibility index (Phi) is 6.11. The largest absolute Gasteiger partial charge is 0.465 e. The molecule has 0 unspecified atom stereocenters. The summed E-state index contributed by atoms with van der Waals surface area (Å²) in [6, 6.07) is 15.5. The summed E-state index contributed by atoms with van der Waals surface area (Å²) in [4.78, 5) is 19.5. The summed E-state index contributed by atoms with van der Waals surface area (Å²) in [5.41, 5.74) is 0.728. The molecule has 1 N–H and O–H groups in total. The minimum atomic E-state index is -4.56. The number of nitrogens with one attached hydrogen (secondary N) is 1. The lowest BCUT2D eigenvalue weighted by molar-refractivity contribution is -0.138.